The summed E-state index contributed by atoms with van der Waals surface area (Å²) in [7, 11) is 0. The number of benzene rings is 2. The Morgan fingerprint density at radius 3 is 2.46 bits per heavy atom. The average Bonchev–Trinajstić information content (AvgIpc) is 3.30. The minimum absolute atomic E-state index is 0.0648. The predicted molar refractivity (Wildman–Crippen MR) is 134 cm³/mol. The van der Waals surface area contributed by atoms with Crippen molar-refractivity contribution < 1.29 is 23.9 Å². The molecule has 0 unspecified atom stereocenters. The van der Waals surface area contributed by atoms with E-state index in [2.05, 4.69) is 10.6 Å². The van der Waals surface area contributed by atoms with E-state index in [4.69, 9.17) is 21.1 Å². The van der Waals surface area contributed by atoms with Gasteiger partial charge in [-0.1, -0.05) is 18.5 Å². The first kappa shape index (κ1) is 25.0. The van der Waals surface area contributed by atoms with Crippen molar-refractivity contribution in [1.29, 1.82) is 0 Å². The van der Waals surface area contributed by atoms with E-state index in [1.165, 1.54) is 4.90 Å². The number of hydrogen-bond donors (Lipinski definition) is 2. The number of nitrogens with zero attached hydrogens (tertiary/aromatic N) is 2. The molecule has 0 aliphatic carbocycles. The second kappa shape index (κ2) is 11.5. The topological polar surface area (TPSA) is 100 Å². The third-order valence-electron chi connectivity index (χ3n) is 5.91. The Kier molecular flexibility index (Phi) is 8.22. The Hall–Kier alpha value is -3.14. The summed E-state index contributed by atoms with van der Waals surface area (Å²) in [6.45, 7) is 3.93. The number of urea groups is 1. The van der Waals surface area contributed by atoms with Gasteiger partial charge in [0, 0.05) is 48.2 Å². The van der Waals surface area contributed by atoms with Crippen molar-refractivity contribution in [3.8, 4) is 0 Å². The lowest BCUT2D eigenvalue weighted by molar-refractivity contribution is -0.125. The third kappa shape index (κ3) is 6.30. The zero-order chi connectivity index (χ0) is 24.8. The van der Waals surface area contributed by atoms with Gasteiger partial charge in [0.05, 0.1) is 12.7 Å². The van der Waals surface area contributed by atoms with Gasteiger partial charge in [0.25, 0.3) is 5.91 Å². The molecule has 4 rings (SSSR count). The molecule has 2 heterocycles. The maximum atomic E-state index is 13.2. The zero-order valence-corrected chi connectivity index (χ0v) is 20.3. The first-order valence-corrected chi connectivity index (χ1v) is 12.1. The summed E-state index contributed by atoms with van der Waals surface area (Å²) >= 11 is 5.93. The van der Waals surface area contributed by atoms with Crippen LogP contribution >= 0.6 is 11.6 Å². The van der Waals surface area contributed by atoms with Crippen LogP contribution in [0.1, 0.15) is 19.8 Å². The lowest BCUT2D eigenvalue weighted by Crippen LogP contribution is -2.45. The fraction of sp³-hybridized carbons (Fsp3) is 0.400. The van der Waals surface area contributed by atoms with Crippen LogP contribution in [0.2, 0.25) is 5.02 Å². The smallest absolute Gasteiger partial charge is 0.322 e. The van der Waals surface area contributed by atoms with E-state index < -0.39 is 6.04 Å². The van der Waals surface area contributed by atoms with E-state index in [1.54, 1.807) is 53.4 Å². The van der Waals surface area contributed by atoms with E-state index >= 15 is 0 Å². The highest BCUT2D eigenvalue weighted by molar-refractivity contribution is 6.30. The van der Waals surface area contributed by atoms with Crippen LogP contribution in [0, 0.1) is 0 Å². The Morgan fingerprint density at radius 2 is 1.77 bits per heavy atom. The van der Waals surface area contributed by atoms with Crippen molar-refractivity contribution in [3.05, 3.63) is 53.6 Å². The lowest BCUT2D eigenvalue weighted by Gasteiger charge is -2.27. The summed E-state index contributed by atoms with van der Waals surface area (Å²) < 4.78 is 11.0. The van der Waals surface area contributed by atoms with Gasteiger partial charge in [-0.2, -0.15) is 0 Å². The first-order chi connectivity index (χ1) is 16.9. The number of carbonyl (C=O) groups is 3. The lowest BCUT2D eigenvalue weighted by atomic mass is 10.1. The minimum Gasteiger partial charge on any atom is -0.376 e. The van der Waals surface area contributed by atoms with E-state index in [-0.39, 0.29) is 30.6 Å². The summed E-state index contributed by atoms with van der Waals surface area (Å²) in [6, 6.07) is 12.8. The molecular formula is C25H29ClN4O5. The van der Waals surface area contributed by atoms with E-state index in [0.29, 0.717) is 49.1 Å². The van der Waals surface area contributed by atoms with Crippen LogP contribution < -0.4 is 15.5 Å². The molecule has 0 saturated carbocycles. The summed E-state index contributed by atoms with van der Waals surface area (Å²) in [5.41, 5.74) is 1.91. The second-order valence-corrected chi connectivity index (χ2v) is 8.90. The Bertz CT molecular complexity index is 1050. The normalized spacial score (nSPS) is 20.1. The number of nitrogens with one attached hydrogen (secondary N) is 2. The van der Waals surface area contributed by atoms with E-state index in [1.807, 2.05) is 6.92 Å². The summed E-state index contributed by atoms with van der Waals surface area (Å²) in [6.07, 6.45) is 1.03. The maximum Gasteiger partial charge on any atom is 0.322 e. The van der Waals surface area contributed by atoms with Crippen molar-refractivity contribution >= 4 is 46.5 Å². The number of morpholine rings is 1. The number of likely N-dealkylation sites (tertiary alicyclic amines) is 1. The third-order valence-corrected chi connectivity index (χ3v) is 6.16. The van der Waals surface area contributed by atoms with Crippen molar-refractivity contribution in [1.82, 2.24) is 4.90 Å². The van der Waals surface area contributed by atoms with Crippen molar-refractivity contribution in [2.75, 3.05) is 48.4 Å². The van der Waals surface area contributed by atoms with Crippen LogP contribution in [0.4, 0.5) is 21.9 Å². The Balaban J connectivity index is 1.43. The molecule has 2 aliphatic heterocycles. The molecule has 2 atom stereocenters. The number of ether oxygens (including phenoxy) is 2. The number of hydrogen-bond acceptors (Lipinski definition) is 5. The van der Waals surface area contributed by atoms with Crippen LogP contribution in [0.3, 0.4) is 0 Å². The molecule has 2 aromatic rings. The highest BCUT2D eigenvalue weighted by atomic mass is 35.5. The molecule has 2 aliphatic rings. The number of amides is 4. The van der Waals surface area contributed by atoms with Gasteiger partial charge in [-0.3, -0.25) is 9.59 Å². The molecule has 186 valence electrons. The molecule has 35 heavy (non-hydrogen) atoms. The summed E-state index contributed by atoms with van der Waals surface area (Å²) in [5, 5.41) is 6.29. The zero-order valence-electron chi connectivity index (χ0n) is 19.5. The van der Waals surface area contributed by atoms with E-state index in [0.717, 1.165) is 12.1 Å². The van der Waals surface area contributed by atoms with Crippen molar-refractivity contribution in [3.63, 3.8) is 0 Å². The maximum absolute atomic E-state index is 13.2. The van der Waals surface area contributed by atoms with Crippen LogP contribution in [-0.2, 0) is 19.1 Å². The van der Waals surface area contributed by atoms with Crippen molar-refractivity contribution in [2.24, 2.45) is 0 Å². The number of carbonyl (C=O) groups excluding carboxylic acids is 3. The molecule has 2 saturated heterocycles. The molecule has 0 radical (unpaired) electrons. The van der Waals surface area contributed by atoms with Gasteiger partial charge >= 0.3 is 6.03 Å². The molecule has 4 amide bonds. The highest BCUT2D eigenvalue weighted by Crippen LogP contribution is 2.25. The van der Waals surface area contributed by atoms with Gasteiger partial charge in [-0.25, -0.2) is 4.79 Å². The molecule has 0 aromatic heterocycles. The fourth-order valence-corrected chi connectivity index (χ4v) is 4.27. The van der Waals surface area contributed by atoms with Gasteiger partial charge in [0.1, 0.15) is 12.6 Å². The molecule has 2 aromatic carbocycles. The van der Waals surface area contributed by atoms with Crippen LogP contribution in [0.5, 0.6) is 0 Å². The molecule has 0 spiro atoms. The molecule has 10 heteroatoms. The second-order valence-electron chi connectivity index (χ2n) is 8.47. The van der Waals surface area contributed by atoms with Crippen LogP contribution in [0.15, 0.2) is 48.5 Å². The Morgan fingerprint density at radius 1 is 1.09 bits per heavy atom. The van der Waals surface area contributed by atoms with Gasteiger partial charge in [0.2, 0.25) is 5.91 Å². The number of rotatable bonds is 7. The van der Waals surface area contributed by atoms with Gasteiger partial charge in [-0.05, 0) is 55.0 Å². The number of anilines is 3. The fourth-order valence-electron chi connectivity index (χ4n) is 4.15. The van der Waals surface area contributed by atoms with Gasteiger partial charge in [0.15, 0.2) is 0 Å². The van der Waals surface area contributed by atoms with Gasteiger partial charge in [-0.15, -0.1) is 0 Å². The SMILES string of the molecule is CCCO[C@@H]1C[C@H](C(=O)Nc2ccc(N3CCOCC3=O)cc2)N(C(=O)Nc2ccc(Cl)cc2)C1. The molecule has 0 bridgehead atoms. The molecule has 2 fully saturated rings. The molecule has 9 nitrogen and oxygen atoms in total. The quantitative estimate of drug-likeness (QED) is 0.603. The van der Waals surface area contributed by atoms with Crippen molar-refractivity contribution in [2.45, 2.75) is 31.9 Å². The minimum atomic E-state index is -0.690. The predicted octanol–water partition coefficient (Wildman–Crippen LogP) is 3.74. The Labute approximate surface area is 209 Å². The standard InChI is InChI=1S/C25H29ClN4O5/c1-2-12-35-21-14-22(30(15-21)25(33)28-19-5-3-17(26)4-6-19)24(32)27-18-7-9-20(10-8-18)29-11-13-34-16-23(29)31/h3-10,21-22H,2,11-16H2,1H3,(H,27,32)(H,28,33)/t21-,22-/m1/s1. The highest BCUT2D eigenvalue weighted by Gasteiger charge is 2.40. The monoisotopic (exact) mass is 500 g/mol. The molecule has 2 N–H and O–H groups in total. The average molecular weight is 501 g/mol. The first-order valence-electron chi connectivity index (χ1n) is 11.7. The number of halogens is 1. The van der Waals surface area contributed by atoms with E-state index in [9.17, 15) is 14.4 Å². The summed E-state index contributed by atoms with van der Waals surface area (Å²) in [4.78, 5) is 41.4. The van der Waals surface area contributed by atoms with Gasteiger partial charge < -0.3 is 29.9 Å². The summed E-state index contributed by atoms with van der Waals surface area (Å²) in [5.74, 6) is -0.395. The largest absolute Gasteiger partial charge is 0.376 e. The van der Waals surface area contributed by atoms with Crippen LogP contribution in [0.25, 0.3) is 0 Å². The van der Waals surface area contributed by atoms with Crippen LogP contribution in [-0.4, -0.2) is 67.8 Å². The molecular weight excluding hydrogens is 472 g/mol.